The fraction of sp³-hybridized carbons (Fsp3) is 0.0385. The molecule has 3 heterocycles. The second-order valence-corrected chi connectivity index (χ2v) is 7.57. The number of amides is 1. The molecule has 164 valence electrons. The van der Waals surface area contributed by atoms with Crippen LogP contribution >= 0.6 is 0 Å². The summed E-state index contributed by atoms with van der Waals surface area (Å²) in [7, 11) is 0. The Morgan fingerprint density at radius 2 is 1.76 bits per heavy atom. The molecule has 3 aromatic heterocycles. The van der Waals surface area contributed by atoms with Gasteiger partial charge in [-0.05, 0) is 48.0 Å². The summed E-state index contributed by atoms with van der Waals surface area (Å²) >= 11 is 0. The number of fused-ring (bicyclic) bond motifs is 2. The molecule has 0 fully saturated rings. The lowest BCUT2D eigenvalue weighted by atomic mass is 10.1. The van der Waals surface area contributed by atoms with Crippen molar-refractivity contribution in [2.24, 2.45) is 4.99 Å². The minimum atomic E-state index is -0.643. The second kappa shape index (κ2) is 8.56. The summed E-state index contributed by atoms with van der Waals surface area (Å²) in [6, 6.07) is 23.0. The van der Waals surface area contributed by atoms with Crippen molar-refractivity contribution in [2.45, 2.75) is 6.54 Å². The third-order valence-corrected chi connectivity index (χ3v) is 5.39. The van der Waals surface area contributed by atoms with Crippen LogP contribution in [0.15, 0.2) is 94.8 Å². The number of aromatic nitrogens is 3. The molecular weight excluding hydrogens is 433 g/mol. The van der Waals surface area contributed by atoms with E-state index >= 15 is 0 Å². The summed E-state index contributed by atoms with van der Waals surface area (Å²) in [6.45, 7) is 0.220. The van der Waals surface area contributed by atoms with Gasteiger partial charge >= 0.3 is 0 Å². The topological polar surface area (TPSA) is 92.5 Å². The summed E-state index contributed by atoms with van der Waals surface area (Å²) in [4.78, 5) is 35.0. The van der Waals surface area contributed by atoms with Gasteiger partial charge in [0.2, 0.25) is 0 Å². The highest BCUT2D eigenvalue weighted by molar-refractivity contribution is 5.95. The largest absolute Gasteiger partial charge is 0.305 e. The third-order valence-electron chi connectivity index (χ3n) is 5.39. The maximum Gasteiger partial charge on any atom is 0.278 e. The number of hydrogen-bond donors (Lipinski definition) is 0. The summed E-state index contributed by atoms with van der Waals surface area (Å²) in [5.74, 6) is -1.12. The van der Waals surface area contributed by atoms with Gasteiger partial charge in [-0.1, -0.05) is 36.4 Å². The first-order valence-electron chi connectivity index (χ1n) is 10.4. The number of rotatable bonds is 3. The molecule has 2 aromatic carbocycles. The van der Waals surface area contributed by atoms with Crippen molar-refractivity contribution in [3.8, 4) is 6.07 Å². The molecule has 0 N–H and O–H groups in total. The Hall–Kier alpha value is -4.90. The monoisotopic (exact) mass is 449 g/mol. The average Bonchev–Trinajstić information content (AvgIpc) is 2.86. The molecule has 1 amide bonds. The lowest BCUT2D eigenvalue weighted by Gasteiger charge is -2.13. The first-order valence-corrected chi connectivity index (χ1v) is 10.4. The zero-order valence-corrected chi connectivity index (χ0v) is 17.7. The molecule has 0 bridgehead atoms. The summed E-state index contributed by atoms with van der Waals surface area (Å²) in [5, 5.41) is 10.1. The maximum absolute atomic E-state index is 13.3. The van der Waals surface area contributed by atoms with Gasteiger partial charge in [-0.3, -0.25) is 14.0 Å². The van der Waals surface area contributed by atoms with Crippen molar-refractivity contribution >= 4 is 22.6 Å². The molecule has 7 nitrogen and oxygen atoms in total. The molecule has 0 saturated heterocycles. The van der Waals surface area contributed by atoms with Crippen molar-refractivity contribution in [2.75, 3.05) is 0 Å². The van der Waals surface area contributed by atoms with Gasteiger partial charge in [0.15, 0.2) is 5.49 Å². The Morgan fingerprint density at radius 3 is 2.50 bits per heavy atom. The fourth-order valence-electron chi connectivity index (χ4n) is 3.75. The second-order valence-electron chi connectivity index (χ2n) is 7.57. The molecule has 8 heteroatoms. The van der Waals surface area contributed by atoms with Crippen LogP contribution in [0.4, 0.5) is 4.39 Å². The maximum atomic E-state index is 13.3. The van der Waals surface area contributed by atoms with Crippen LogP contribution in [-0.2, 0) is 6.54 Å². The van der Waals surface area contributed by atoms with E-state index in [9.17, 15) is 19.2 Å². The van der Waals surface area contributed by atoms with Gasteiger partial charge in [0.1, 0.15) is 23.2 Å². The van der Waals surface area contributed by atoms with Crippen LogP contribution in [0.25, 0.3) is 16.7 Å². The normalized spacial score (nSPS) is 11.6. The van der Waals surface area contributed by atoms with Crippen LogP contribution in [0.1, 0.15) is 21.5 Å². The zero-order valence-electron chi connectivity index (χ0n) is 17.7. The number of pyridine rings is 2. The Balaban J connectivity index is 1.86. The summed E-state index contributed by atoms with van der Waals surface area (Å²) in [6.07, 6.45) is 1.61. The van der Waals surface area contributed by atoms with Gasteiger partial charge in [-0.2, -0.15) is 10.3 Å². The molecule has 0 saturated carbocycles. The van der Waals surface area contributed by atoms with Crippen molar-refractivity contribution in [3.05, 3.63) is 123 Å². The molecule has 0 aliphatic carbocycles. The Bertz CT molecular complexity index is 1730. The molecule has 0 aliphatic heterocycles. The number of carbonyl (C=O) groups excluding carboxylic acids is 1. The summed E-state index contributed by atoms with van der Waals surface area (Å²) in [5.41, 5.74) is 1.53. The number of nitriles is 1. The fourth-order valence-corrected chi connectivity index (χ4v) is 3.75. The van der Waals surface area contributed by atoms with E-state index in [2.05, 4.69) is 16.0 Å². The average molecular weight is 449 g/mol. The first kappa shape index (κ1) is 21.0. The molecule has 34 heavy (non-hydrogen) atoms. The molecule has 0 unspecified atom stereocenters. The molecular formula is C26H16FN5O2. The van der Waals surface area contributed by atoms with E-state index in [1.165, 1.54) is 34.7 Å². The van der Waals surface area contributed by atoms with Gasteiger partial charge in [-0.15, -0.1) is 0 Å². The van der Waals surface area contributed by atoms with Crippen molar-refractivity contribution < 1.29 is 9.18 Å². The van der Waals surface area contributed by atoms with E-state index in [1.54, 1.807) is 29.0 Å². The zero-order chi connectivity index (χ0) is 23.7. The number of hydrogen-bond acceptors (Lipinski definition) is 4. The summed E-state index contributed by atoms with van der Waals surface area (Å²) < 4.78 is 16.3. The van der Waals surface area contributed by atoms with Gasteiger partial charge < -0.3 is 4.57 Å². The lowest BCUT2D eigenvalue weighted by molar-refractivity contribution is 0.0997. The van der Waals surface area contributed by atoms with Crippen molar-refractivity contribution in [3.63, 3.8) is 0 Å². The number of benzene rings is 2. The van der Waals surface area contributed by atoms with Gasteiger partial charge in [-0.25, -0.2) is 9.37 Å². The van der Waals surface area contributed by atoms with E-state index in [0.717, 1.165) is 5.56 Å². The van der Waals surface area contributed by atoms with E-state index in [4.69, 9.17) is 0 Å². The quantitative estimate of drug-likeness (QED) is 0.395. The van der Waals surface area contributed by atoms with Crippen molar-refractivity contribution in [1.29, 1.82) is 5.26 Å². The van der Waals surface area contributed by atoms with E-state index in [-0.39, 0.29) is 34.1 Å². The van der Waals surface area contributed by atoms with Gasteiger partial charge in [0.25, 0.3) is 11.5 Å². The highest BCUT2D eigenvalue weighted by atomic mass is 19.1. The standard InChI is InChI=1S/C26H16FN5O2/c27-20-11-9-18(10-12-20)25(33)30-23-19(15-28)14-21-24(32(23)16-17-6-2-1-3-7-17)29-22-8-4-5-13-31(22)26(21)34/h1-14H,16H2. The minimum Gasteiger partial charge on any atom is -0.305 e. The molecule has 0 radical (unpaired) electrons. The number of halogens is 1. The Labute approximate surface area is 192 Å². The van der Waals surface area contributed by atoms with Crippen LogP contribution in [0.3, 0.4) is 0 Å². The van der Waals surface area contributed by atoms with Crippen molar-refractivity contribution in [1.82, 2.24) is 14.0 Å². The molecule has 0 atom stereocenters. The van der Waals surface area contributed by atoms with E-state index < -0.39 is 11.7 Å². The Morgan fingerprint density at radius 1 is 1.03 bits per heavy atom. The van der Waals surface area contributed by atoms with E-state index in [1.807, 2.05) is 30.3 Å². The Kier molecular flexibility index (Phi) is 5.28. The van der Waals surface area contributed by atoms with Crippen LogP contribution in [0, 0.1) is 17.1 Å². The predicted molar refractivity (Wildman–Crippen MR) is 124 cm³/mol. The van der Waals surface area contributed by atoms with Crippen LogP contribution in [0.2, 0.25) is 0 Å². The molecule has 5 aromatic rings. The molecule has 0 aliphatic rings. The van der Waals surface area contributed by atoms with E-state index in [0.29, 0.717) is 11.3 Å². The smallest absolute Gasteiger partial charge is 0.278 e. The SMILES string of the molecule is N#Cc1cc2c(=O)n3ccccc3nc2n(Cc2ccccc2)c1=NC(=O)c1ccc(F)cc1. The number of nitrogens with zero attached hydrogens (tertiary/aromatic N) is 5. The highest BCUT2D eigenvalue weighted by Crippen LogP contribution is 2.13. The third kappa shape index (κ3) is 3.76. The van der Waals surface area contributed by atoms with Crippen LogP contribution in [-0.4, -0.2) is 19.9 Å². The van der Waals surface area contributed by atoms with Gasteiger partial charge in [0.05, 0.1) is 17.5 Å². The molecule has 0 spiro atoms. The highest BCUT2D eigenvalue weighted by Gasteiger charge is 2.16. The van der Waals surface area contributed by atoms with Gasteiger partial charge in [0, 0.05) is 11.8 Å². The lowest BCUT2D eigenvalue weighted by Crippen LogP contribution is -2.30. The minimum absolute atomic E-state index is 0.0497. The molecule has 5 rings (SSSR count). The number of carbonyl (C=O) groups is 1. The predicted octanol–water partition coefficient (Wildman–Crippen LogP) is 3.45. The first-order chi connectivity index (χ1) is 16.5. The van der Waals surface area contributed by atoms with Crippen LogP contribution in [0.5, 0.6) is 0 Å². The van der Waals surface area contributed by atoms with Crippen LogP contribution < -0.4 is 11.0 Å².